The van der Waals surface area contributed by atoms with Gasteiger partial charge in [-0.3, -0.25) is 0 Å². The zero-order chi connectivity index (χ0) is 14.5. The van der Waals surface area contributed by atoms with Crippen LogP contribution in [0.5, 0.6) is 11.5 Å². The van der Waals surface area contributed by atoms with E-state index in [0.717, 1.165) is 30.8 Å². The second-order valence-electron chi connectivity index (χ2n) is 5.70. The fourth-order valence-electron chi connectivity index (χ4n) is 2.73. The van der Waals surface area contributed by atoms with Crippen LogP contribution in [0.15, 0.2) is 54.6 Å². The summed E-state index contributed by atoms with van der Waals surface area (Å²) in [5.41, 5.74) is 7.39. The van der Waals surface area contributed by atoms with E-state index in [1.54, 1.807) is 0 Å². The third kappa shape index (κ3) is 3.56. The van der Waals surface area contributed by atoms with E-state index in [0.29, 0.717) is 13.2 Å². The highest BCUT2D eigenvalue weighted by atomic mass is 16.5. The third-order valence-corrected chi connectivity index (χ3v) is 3.86. The van der Waals surface area contributed by atoms with E-state index in [2.05, 4.69) is 6.07 Å². The number of nitrogens with two attached hydrogens (primary N) is 1. The van der Waals surface area contributed by atoms with Crippen molar-refractivity contribution in [3.63, 3.8) is 0 Å². The minimum absolute atomic E-state index is 0.283. The monoisotopic (exact) mass is 283 g/mol. The first-order chi connectivity index (χ1) is 10.3. The van der Waals surface area contributed by atoms with Gasteiger partial charge in [-0.2, -0.15) is 0 Å². The Hall–Kier alpha value is -2.00. The fraction of sp³-hybridized carbons (Fsp3) is 0.333. The molecule has 1 aliphatic heterocycles. The molecule has 1 heterocycles. The Morgan fingerprint density at radius 3 is 2.67 bits per heavy atom. The number of hydrogen-bond acceptors (Lipinski definition) is 3. The van der Waals surface area contributed by atoms with E-state index in [9.17, 15) is 0 Å². The van der Waals surface area contributed by atoms with Crippen LogP contribution >= 0.6 is 0 Å². The first-order valence-electron chi connectivity index (χ1n) is 7.43. The van der Waals surface area contributed by atoms with Crippen LogP contribution in [-0.4, -0.2) is 18.8 Å². The van der Waals surface area contributed by atoms with Crippen LogP contribution in [0.1, 0.15) is 18.4 Å². The van der Waals surface area contributed by atoms with Crippen LogP contribution in [0, 0.1) is 0 Å². The molecule has 0 radical (unpaired) electrons. The van der Waals surface area contributed by atoms with Gasteiger partial charge in [0.15, 0.2) is 0 Å². The predicted octanol–water partition coefficient (Wildman–Crippen LogP) is 3.18. The maximum atomic E-state index is 6.47. The zero-order valence-electron chi connectivity index (χ0n) is 12.1. The number of para-hydroxylation sites is 2. The largest absolute Gasteiger partial charge is 0.494 e. The van der Waals surface area contributed by atoms with Crippen molar-refractivity contribution < 1.29 is 9.47 Å². The van der Waals surface area contributed by atoms with Gasteiger partial charge >= 0.3 is 0 Å². The number of benzene rings is 2. The Morgan fingerprint density at radius 2 is 1.81 bits per heavy atom. The van der Waals surface area contributed by atoms with Gasteiger partial charge in [0, 0.05) is 0 Å². The lowest BCUT2D eigenvalue weighted by Gasteiger charge is -2.34. The van der Waals surface area contributed by atoms with Gasteiger partial charge in [-0.15, -0.1) is 0 Å². The summed E-state index contributed by atoms with van der Waals surface area (Å²) in [7, 11) is 0. The Labute approximate surface area is 125 Å². The highest BCUT2D eigenvalue weighted by molar-refractivity contribution is 5.36. The number of rotatable bonds is 5. The van der Waals surface area contributed by atoms with Gasteiger partial charge in [-0.1, -0.05) is 36.4 Å². The highest BCUT2D eigenvalue weighted by Crippen LogP contribution is 2.30. The Kier molecular flexibility index (Phi) is 4.11. The van der Waals surface area contributed by atoms with Crippen LogP contribution in [-0.2, 0) is 6.42 Å². The molecule has 0 aromatic heterocycles. The van der Waals surface area contributed by atoms with E-state index in [4.69, 9.17) is 15.2 Å². The van der Waals surface area contributed by atoms with Crippen LogP contribution in [0.3, 0.4) is 0 Å². The highest BCUT2D eigenvalue weighted by Gasteiger charge is 2.31. The number of ether oxygens (including phenoxy) is 2. The van der Waals surface area contributed by atoms with E-state index >= 15 is 0 Å². The summed E-state index contributed by atoms with van der Waals surface area (Å²) in [5.74, 6) is 1.88. The summed E-state index contributed by atoms with van der Waals surface area (Å²) in [6.07, 6.45) is 2.69. The normalized spacial score (nSPS) is 20.4. The molecule has 0 aliphatic carbocycles. The molecule has 110 valence electrons. The molecule has 21 heavy (non-hydrogen) atoms. The van der Waals surface area contributed by atoms with Crippen molar-refractivity contribution in [2.75, 3.05) is 13.2 Å². The predicted molar refractivity (Wildman–Crippen MR) is 83.7 cm³/mol. The molecule has 1 unspecified atom stereocenters. The lowest BCUT2D eigenvalue weighted by Crippen LogP contribution is -2.50. The van der Waals surface area contributed by atoms with E-state index < -0.39 is 0 Å². The van der Waals surface area contributed by atoms with E-state index in [1.807, 2.05) is 48.5 Å². The van der Waals surface area contributed by atoms with Crippen LogP contribution in [0.2, 0.25) is 0 Å². The molecule has 2 N–H and O–H groups in total. The van der Waals surface area contributed by atoms with Crippen LogP contribution in [0.4, 0.5) is 0 Å². The van der Waals surface area contributed by atoms with Crippen molar-refractivity contribution in [1.29, 1.82) is 0 Å². The summed E-state index contributed by atoms with van der Waals surface area (Å²) in [6.45, 7) is 1.26. The molecule has 0 bridgehead atoms. The minimum Gasteiger partial charge on any atom is -0.494 e. The van der Waals surface area contributed by atoms with Crippen molar-refractivity contribution in [2.24, 2.45) is 5.73 Å². The molecular weight excluding hydrogens is 262 g/mol. The summed E-state index contributed by atoms with van der Waals surface area (Å²) >= 11 is 0. The fourth-order valence-corrected chi connectivity index (χ4v) is 2.73. The maximum absolute atomic E-state index is 6.47. The topological polar surface area (TPSA) is 44.5 Å². The van der Waals surface area contributed by atoms with Gasteiger partial charge in [-0.25, -0.2) is 0 Å². The summed E-state index contributed by atoms with van der Waals surface area (Å²) in [5, 5.41) is 0. The van der Waals surface area contributed by atoms with Gasteiger partial charge in [0.2, 0.25) is 0 Å². The number of fused-ring (bicyclic) bond motifs is 1. The van der Waals surface area contributed by atoms with Crippen molar-refractivity contribution in [3.05, 3.63) is 60.2 Å². The van der Waals surface area contributed by atoms with Crippen molar-refractivity contribution >= 4 is 0 Å². The molecule has 2 aromatic carbocycles. The van der Waals surface area contributed by atoms with Crippen molar-refractivity contribution in [1.82, 2.24) is 0 Å². The zero-order valence-corrected chi connectivity index (χ0v) is 12.1. The molecule has 1 aliphatic rings. The van der Waals surface area contributed by atoms with Gasteiger partial charge in [0.25, 0.3) is 0 Å². The Balaban J connectivity index is 1.49. The van der Waals surface area contributed by atoms with E-state index in [-0.39, 0.29) is 5.54 Å². The molecule has 2 aromatic rings. The van der Waals surface area contributed by atoms with Crippen molar-refractivity contribution in [3.8, 4) is 11.5 Å². The maximum Gasteiger partial charge on any atom is 0.122 e. The van der Waals surface area contributed by atoms with Gasteiger partial charge in [-0.05, 0) is 43.0 Å². The third-order valence-electron chi connectivity index (χ3n) is 3.86. The Bertz CT molecular complexity index is 585. The smallest absolute Gasteiger partial charge is 0.122 e. The summed E-state index contributed by atoms with van der Waals surface area (Å²) < 4.78 is 11.5. The molecule has 1 atom stereocenters. The number of hydrogen-bond donors (Lipinski definition) is 1. The van der Waals surface area contributed by atoms with Gasteiger partial charge in [0.1, 0.15) is 18.1 Å². The Morgan fingerprint density at radius 1 is 1.05 bits per heavy atom. The second-order valence-corrected chi connectivity index (χ2v) is 5.70. The molecule has 3 nitrogen and oxygen atoms in total. The van der Waals surface area contributed by atoms with Crippen molar-refractivity contribution in [2.45, 2.75) is 24.8 Å². The van der Waals surface area contributed by atoms with Crippen LogP contribution in [0.25, 0.3) is 0 Å². The lowest BCUT2D eigenvalue weighted by molar-refractivity contribution is 0.171. The molecule has 3 heteroatoms. The van der Waals surface area contributed by atoms with E-state index in [1.165, 1.54) is 5.56 Å². The first kappa shape index (κ1) is 14.0. The average molecular weight is 283 g/mol. The molecule has 0 saturated heterocycles. The standard InChI is InChI=1S/C18H21NO2/c19-18(11-6-12-20-16-8-2-1-3-9-16)13-15-7-4-5-10-17(15)21-14-18/h1-5,7-10H,6,11-14,19H2. The minimum atomic E-state index is -0.283. The van der Waals surface area contributed by atoms with Gasteiger partial charge < -0.3 is 15.2 Å². The van der Waals surface area contributed by atoms with Gasteiger partial charge in [0.05, 0.1) is 12.1 Å². The molecule has 0 fully saturated rings. The molecule has 0 amide bonds. The molecule has 3 rings (SSSR count). The SMILES string of the molecule is NC1(CCCOc2ccccc2)COc2ccccc2C1. The second kappa shape index (κ2) is 6.19. The molecule has 0 saturated carbocycles. The summed E-state index contributed by atoms with van der Waals surface area (Å²) in [4.78, 5) is 0. The first-order valence-corrected chi connectivity index (χ1v) is 7.43. The molecular formula is C18H21NO2. The average Bonchev–Trinajstić information content (AvgIpc) is 2.52. The lowest BCUT2D eigenvalue weighted by atomic mass is 9.86. The quantitative estimate of drug-likeness (QED) is 0.857. The summed E-state index contributed by atoms with van der Waals surface area (Å²) in [6, 6.07) is 18.0. The van der Waals surface area contributed by atoms with Crippen LogP contribution < -0.4 is 15.2 Å². The molecule has 0 spiro atoms.